The van der Waals surface area contributed by atoms with Gasteiger partial charge in [-0.3, -0.25) is 0 Å². The van der Waals surface area contributed by atoms with Crippen molar-refractivity contribution < 1.29 is 9.84 Å². The highest BCUT2D eigenvalue weighted by Crippen LogP contribution is 2.23. The number of benzene rings is 1. The molecular weight excluding hydrogens is 164 g/mol. The van der Waals surface area contributed by atoms with Crippen LogP contribution < -0.4 is 0 Å². The number of ether oxygens (including phenoxy) is 1. The first kappa shape index (κ1) is 9.39. The zero-order chi connectivity index (χ0) is 9.84. The molecule has 13 heavy (non-hydrogen) atoms. The van der Waals surface area contributed by atoms with Crippen molar-refractivity contribution in [2.45, 2.75) is 0 Å². The van der Waals surface area contributed by atoms with Gasteiger partial charge in [0.25, 0.3) is 0 Å². The maximum atomic E-state index is 9.25. The number of phenolic OH excluding ortho intramolecular Hbond substituents is 1. The van der Waals surface area contributed by atoms with Crippen LogP contribution in [0, 0.1) is 0 Å². The zero-order valence-electron chi connectivity index (χ0n) is 7.58. The van der Waals surface area contributed by atoms with E-state index in [4.69, 9.17) is 4.74 Å². The highest BCUT2D eigenvalue weighted by Gasteiger charge is 2.04. The molecule has 0 aliphatic carbocycles. The molecule has 0 saturated heterocycles. The second-order valence-corrected chi connectivity index (χ2v) is 2.60. The fourth-order valence-corrected chi connectivity index (χ4v) is 1.07. The molecule has 0 spiro atoms. The predicted molar refractivity (Wildman–Crippen MR) is 54.2 cm³/mol. The van der Waals surface area contributed by atoms with Crippen molar-refractivity contribution in [1.29, 1.82) is 0 Å². The summed E-state index contributed by atoms with van der Waals surface area (Å²) < 4.78 is 4.98. The number of aromatic hydroxyl groups is 1. The lowest BCUT2D eigenvalue weighted by molar-refractivity contribution is 0.371. The van der Waals surface area contributed by atoms with Crippen LogP contribution in [0.3, 0.4) is 0 Å². The van der Waals surface area contributed by atoms with Crippen LogP contribution in [0.5, 0.6) is 5.75 Å². The standard InChI is InChI=1S/C11H12O2/c1-4-9-5-6-10(12)7-11(9)8(2)13-3/h4-7,12H,1-2H2,3H3. The van der Waals surface area contributed by atoms with E-state index in [0.29, 0.717) is 5.76 Å². The van der Waals surface area contributed by atoms with E-state index in [1.54, 1.807) is 31.4 Å². The summed E-state index contributed by atoms with van der Waals surface area (Å²) in [4.78, 5) is 0. The van der Waals surface area contributed by atoms with E-state index in [2.05, 4.69) is 13.2 Å². The Bertz CT molecular complexity index is 340. The van der Waals surface area contributed by atoms with E-state index in [1.807, 2.05) is 0 Å². The number of hydrogen-bond donors (Lipinski definition) is 1. The molecule has 0 aliphatic heterocycles. The molecule has 0 fully saturated rings. The smallest absolute Gasteiger partial charge is 0.119 e. The first-order valence-corrected chi connectivity index (χ1v) is 3.87. The van der Waals surface area contributed by atoms with E-state index >= 15 is 0 Å². The molecule has 0 atom stereocenters. The van der Waals surface area contributed by atoms with Crippen LogP contribution in [0.1, 0.15) is 11.1 Å². The number of hydrogen-bond acceptors (Lipinski definition) is 2. The van der Waals surface area contributed by atoms with Gasteiger partial charge in [0.15, 0.2) is 0 Å². The minimum absolute atomic E-state index is 0.193. The van der Waals surface area contributed by atoms with E-state index in [9.17, 15) is 5.11 Å². The molecule has 0 aliphatic rings. The molecule has 0 heterocycles. The summed E-state index contributed by atoms with van der Waals surface area (Å²) in [5, 5.41) is 9.25. The summed E-state index contributed by atoms with van der Waals surface area (Å²) in [5.41, 5.74) is 1.65. The van der Waals surface area contributed by atoms with Crippen molar-refractivity contribution in [3.8, 4) is 5.75 Å². The lowest BCUT2D eigenvalue weighted by Crippen LogP contribution is -1.89. The Labute approximate surface area is 77.8 Å². The second kappa shape index (κ2) is 3.81. The summed E-state index contributed by atoms with van der Waals surface area (Å²) in [6, 6.07) is 4.97. The molecule has 2 nitrogen and oxygen atoms in total. The Kier molecular flexibility index (Phi) is 2.75. The monoisotopic (exact) mass is 176 g/mol. The minimum atomic E-state index is 0.193. The molecule has 68 valence electrons. The van der Waals surface area contributed by atoms with Crippen molar-refractivity contribution in [3.05, 3.63) is 42.5 Å². The average Bonchev–Trinajstić information content (AvgIpc) is 2.16. The van der Waals surface area contributed by atoms with Crippen molar-refractivity contribution in [2.24, 2.45) is 0 Å². The van der Waals surface area contributed by atoms with E-state index < -0.39 is 0 Å². The summed E-state index contributed by atoms with van der Waals surface area (Å²) >= 11 is 0. The van der Waals surface area contributed by atoms with Gasteiger partial charge in [-0.25, -0.2) is 0 Å². The van der Waals surface area contributed by atoms with Gasteiger partial charge in [0.2, 0.25) is 0 Å². The van der Waals surface area contributed by atoms with E-state index in [-0.39, 0.29) is 5.75 Å². The molecule has 1 N–H and O–H groups in total. The van der Waals surface area contributed by atoms with Gasteiger partial charge in [-0.15, -0.1) is 0 Å². The van der Waals surface area contributed by atoms with Crippen molar-refractivity contribution >= 4 is 11.8 Å². The molecule has 1 rings (SSSR count). The largest absolute Gasteiger partial charge is 0.508 e. The van der Waals surface area contributed by atoms with Gasteiger partial charge in [-0.2, -0.15) is 0 Å². The predicted octanol–water partition coefficient (Wildman–Crippen LogP) is 2.65. The van der Waals surface area contributed by atoms with Gasteiger partial charge in [0, 0.05) is 5.56 Å². The Balaban J connectivity index is 3.23. The SMILES string of the molecule is C=Cc1ccc(O)cc1C(=C)OC. The summed E-state index contributed by atoms with van der Waals surface area (Å²) in [6.07, 6.45) is 1.69. The van der Waals surface area contributed by atoms with Crippen LogP contribution in [-0.4, -0.2) is 12.2 Å². The van der Waals surface area contributed by atoms with E-state index in [1.165, 1.54) is 0 Å². The quantitative estimate of drug-likeness (QED) is 0.717. The third-order valence-corrected chi connectivity index (χ3v) is 1.80. The molecule has 0 saturated carbocycles. The van der Waals surface area contributed by atoms with Crippen molar-refractivity contribution in [1.82, 2.24) is 0 Å². The van der Waals surface area contributed by atoms with Gasteiger partial charge >= 0.3 is 0 Å². The summed E-state index contributed by atoms with van der Waals surface area (Å²) in [7, 11) is 1.54. The lowest BCUT2D eigenvalue weighted by atomic mass is 10.1. The van der Waals surface area contributed by atoms with Gasteiger partial charge in [-0.1, -0.05) is 25.3 Å². The number of phenols is 1. The minimum Gasteiger partial charge on any atom is -0.508 e. The normalized spacial score (nSPS) is 9.31. The first-order chi connectivity index (χ1) is 6.19. The number of methoxy groups -OCH3 is 1. The maximum absolute atomic E-state index is 9.25. The molecular formula is C11H12O2. The fraction of sp³-hybridized carbons (Fsp3) is 0.0909. The molecule has 0 amide bonds. The summed E-state index contributed by atoms with van der Waals surface area (Å²) in [6.45, 7) is 7.37. The lowest BCUT2D eigenvalue weighted by Gasteiger charge is -2.08. The topological polar surface area (TPSA) is 29.5 Å². The maximum Gasteiger partial charge on any atom is 0.119 e. The molecule has 0 bridgehead atoms. The molecule has 0 aromatic heterocycles. The van der Waals surface area contributed by atoms with Crippen molar-refractivity contribution in [3.63, 3.8) is 0 Å². The van der Waals surface area contributed by atoms with Gasteiger partial charge in [0.1, 0.15) is 11.5 Å². The van der Waals surface area contributed by atoms with Crippen LogP contribution in [0.2, 0.25) is 0 Å². The summed E-state index contributed by atoms with van der Waals surface area (Å²) in [5.74, 6) is 0.713. The van der Waals surface area contributed by atoms with Crippen LogP contribution in [0.4, 0.5) is 0 Å². The van der Waals surface area contributed by atoms with Crippen LogP contribution >= 0.6 is 0 Å². The first-order valence-electron chi connectivity index (χ1n) is 3.87. The zero-order valence-corrected chi connectivity index (χ0v) is 7.58. The van der Waals surface area contributed by atoms with Crippen LogP contribution in [0.25, 0.3) is 11.8 Å². The molecule has 0 radical (unpaired) electrons. The average molecular weight is 176 g/mol. The molecule has 1 aromatic carbocycles. The second-order valence-electron chi connectivity index (χ2n) is 2.60. The fourth-order valence-electron chi connectivity index (χ4n) is 1.07. The van der Waals surface area contributed by atoms with Gasteiger partial charge < -0.3 is 9.84 Å². The Morgan fingerprint density at radius 3 is 2.77 bits per heavy atom. The Morgan fingerprint density at radius 1 is 1.54 bits per heavy atom. The van der Waals surface area contributed by atoms with Crippen LogP contribution in [0.15, 0.2) is 31.4 Å². The van der Waals surface area contributed by atoms with Crippen LogP contribution in [-0.2, 0) is 4.74 Å². The molecule has 0 unspecified atom stereocenters. The van der Waals surface area contributed by atoms with E-state index in [0.717, 1.165) is 11.1 Å². The molecule has 2 heteroatoms. The Morgan fingerprint density at radius 2 is 2.23 bits per heavy atom. The van der Waals surface area contributed by atoms with Gasteiger partial charge in [-0.05, 0) is 17.7 Å². The number of rotatable bonds is 3. The Hall–Kier alpha value is -1.70. The van der Waals surface area contributed by atoms with Crippen molar-refractivity contribution in [2.75, 3.05) is 7.11 Å². The van der Waals surface area contributed by atoms with Gasteiger partial charge in [0.05, 0.1) is 7.11 Å². The highest BCUT2D eigenvalue weighted by atomic mass is 16.5. The third kappa shape index (κ3) is 1.90. The highest BCUT2D eigenvalue weighted by molar-refractivity contribution is 5.70. The molecule has 1 aromatic rings. The third-order valence-electron chi connectivity index (χ3n) is 1.80.